The molecule has 0 spiro atoms. The SMILES string of the molecule is C=C(C)CN(CC)[C@@H]1CCCN(C(C)C)C1=O. The molecule has 0 aromatic heterocycles. The molecule has 1 aliphatic heterocycles. The van der Waals surface area contributed by atoms with E-state index in [0.717, 1.165) is 38.0 Å². The van der Waals surface area contributed by atoms with Crippen molar-refractivity contribution in [2.24, 2.45) is 0 Å². The van der Waals surface area contributed by atoms with Crippen molar-refractivity contribution in [2.75, 3.05) is 19.6 Å². The van der Waals surface area contributed by atoms with Crippen LogP contribution in [0.1, 0.15) is 40.5 Å². The minimum atomic E-state index is 0.0628. The molecule has 1 heterocycles. The van der Waals surface area contributed by atoms with E-state index in [1.165, 1.54) is 0 Å². The van der Waals surface area contributed by atoms with Gasteiger partial charge in [0.25, 0.3) is 0 Å². The van der Waals surface area contributed by atoms with E-state index < -0.39 is 0 Å². The quantitative estimate of drug-likeness (QED) is 0.686. The number of amides is 1. The monoisotopic (exact) mass is 238 g/mol. The van der Waals surface area contributed by atoms with Crippen molar-refractivity contribution in [1.29, 1.82) is 0 Å². The Bertz CT molecular complexity index is 286. The van der Waals surface area contributed by atoms with E-state index in [2.05, 4.69) is 32.3 Å². The highest BCUT2D eigenvalue weighted by molar-refractivity contribution is 5.82. The van der Waals surface area contributed by atoms with Gasteiger partial charge in [-0.3, -0.25) is 9.69 Å². The van der Waals surface area contributed by atoms with Crippen molar-refractivity contribution in [2.45, 2.75) is 52.6 Å². The van der Waals surface area contributed by atoms with Crippen LogP contribution in [0.2, 0.25) is 0 Å². The predicted molar refractivity (Wildman–Crippen MR) is 71.9 cm³/mol. The summed E-state index contributed by atoms with van der Waals surface area (Å²) in [5.41, 5.74) is 1.13. The van der Waals surface area contributed by atoms with Crippen LogP contribution in [0.5, 0.6) is 0 Å². The average Bonchev–Trinajstić information content (AvgIpc) is 2.26. The Balaban J connectivity index is 2.74. The first-order chi connectivity index (χ1) is 7.97. The molecule has 0 N–H and O–H groups in total. The number of likely N-dealkylation sites (tertiary alicyclic amines) is 1. The minimum absolute atomic E-state index is 0.0628. The van der Waals surface area contributed by atoms with Crippen LogP contribution in [0.15, 0.2) is 12.2 Å². The first kappa shape index (κ1) is 14.2. The second-order valence-corrected chi connectivity index (χ2v) is 5.30. The highest BCUT2D eigenvalue weighted by Gasteiger charge is 2.33. The normalized spacial score (nSPS) is 21.4. The molecule has 3 nitrogen and oxygen atoms in total. The summed E-state index contributed by atoms with van der Waals surface area (Å²) in [4.78, 5) is 16.7. The van der Waals surface area contributed by atoms with Gasteiger partial charge in [-0.05, 0) is 40.2 Å². The first-order valence-corrected chi connectivity index (χ1v) is 6.66. The van der Waals surface area contributed by atoms with Crippen LogP contribution in [-0.4, -0.2) is 47.4 Å². The van der Waals surface area contributed by atoms with Gasteiger partial charge < -0.3 is 4.90 Å². The van der Waals surface area contributed by atoms with E-state index in [0.29, 0.717) is 11.9 Å². The third-order valence-corrected chi connectivity index (χ3v) is 3.39. The van der Waals surface area contributed by atoms with E-state index in [1.54, 1.807) is 0 Å². The molecule has 1 fully saturated rings. The maximum absolute atomic E-state index is 12.4. The summed E-state index contributed by atoms with van der Waals surface area (Å²) < 4.78 is 0. The summed E-state index contributed by atoms with van der Waals surface area (Å²) in [5.74, 6) is 0.300. The third kappa shape index (κ3) is 3.56. The van der Waals surface area contributed by atoms with Gasteiger partial charge in [-0.25, -0.2) is 0 Å². The molecule has 1 amide bonds. The maximum atomic E-state index is 12.4. The lowest BCUT2D eigenvalue weighted by Gasteiger charge is -2.40. The zero-order valence-corrected chi connectivity index (χ0v) is 11.7. The van der Waals surface area contributed by atoms with E-state index in [-0.39, 0.29) is 6.04 Å². The molecule has 1 saturated heterocycles. The van der Waals surface area contributed by atoms with E-state index in [9.17, 15) is 4.79 Å². The molecule has 98 valence electrons. The summed E-state index contributed by atoms with van der Waals surface area (Å²) >= 11 is 0. The van der Waals surface area contributed by atoms with Crippen molar-refractivity contribution in [3.8, 4) is 0 Å². The summed E-state index contributed by atoms with van der Waals surface area (Å²) in [6.45, 7) is 14.9. The molecule has 0 unspecified atom stereocenters. The molecule has 0 saturated carbocycles. The fourth-order valence-corrected chi connectivity index (χ4v) is 2.52. The number of piperidine rings is 1. The molecular weight excluding hydrogens is 212 g/mol. The summed E-state index contributed by atoms with van der Waals surface area (Å²) in [6.07, 6.45) is 2.10. The average molecular weight is 238 g/mol. The number of carbonyl (C=O) groups is 1. The Morgan fingerprint density at radius 3 is 2.71 bits per heavy atom. The largest absolute Gasteiger partial charge is 0.339 e. The Labute approximate surface area is 105 Å². The van der Waals surface area contributed by atoms with Crippen molar-refractivity contribution in [3.05, 3.63) is 12.2 Å². The lowest BCUT2D eigenvalue weighted by Crippen LogP contribution is -2.54. The van der Waals surface area contributed by atoms with E-state index in [4.69, 9.17) is 0 Å². The van der Waals surface area contributed by atoms with Crippen LogP contribution in [-0.2, 0) is 4.79 Å². The Morgan fingerprint density at radius 2 is 2.24 bits per heavy atom. The highest BCUT2D eigenvalue weighted by Crippen LogP contribution is 2.19. The molecule has 17 heavy (non-hydrogen) atoms. The molecule has 0 radical (unpaired) electrons. The van der Waals surface area contributed by atoms with Gasteiger partial charge in [0.2, 0.25) is 5.91 Å². The van der Waals surface area contributed by atoms with Gasteiger partial charge in [-0.1, -0.05) is 19.1 Å². The minimum Gasteiger partial charge on any atom is -0.339 e. The number of nitrogens with zero attached hydrogens (tertiary/aromatic N) is 2. The molecule has 1 atom stereocenters. The van der Waals surface area contributed by atoms with Crippen LogP contribution >= 0.6 is 0 Å². The third-order valence-electron chi connectivity index (χ3n) is 3.39. The molecule has 0 bridgehead atoms. The van der Waals surface area contributed by atoms with Crippen molar-refractivity contribution in [3.63, 3.8) is 0 Å². The van der Waals surface area contributed by atoms with Crippen LogP contribution < -0.4 is 0 Å². The highest BCUT2D eigenvalue weighted by atomic mass is 16.2. The smallest absolute Gasteiger partial charge is 0.240 e. The van der Waals surface area contributed by atoms with Crippen LogP contribution in [0, 0.1) is 0 Å². The second-order valence-electron chi connectivity index (χ2n) is 5.30. The van der Waals surface area contributed by atoms with Crippen molar-refractivity contribution in [1.82, 2.24) is 9.80 Å². The molecular formula is C14H26N2O. The van der Waals surface area contributed by atoms with E-state index >= 15 is 0 Å². The van der Waals surface area contributed by atoms with Gasteiger partial charge in [-0.2, -0.15) is 0 Å². The van der Waals surface area contributed by atoms with Gasteiger partial charge in [-0.15, -0.1) is 0 Å². The van der Waals surface area contributed by atoms with Gasteiger partial charge in [0.1, 0.15) is 0 Å². The molecule has 1 aliphatic rings. The van der Waals surface area contributed by atoms with Crippen LogP contribution in [0.3, 0.4) is 0 Å². The number of carbonyl (C=O) groups excluding carboxylic acids is 1. The standard InChI is InChI=1S/C14H26N2O/c1-6-15(10-11(2)3)13-8-7-9-16(12(4)5)14(13)17/h12-13H,2,6-10H2,1,3-5H3/t13-/m1/s1. The Hall–Kier alpha value is -0.830. The van der Waals surface area contributed by atoms with Gasteiger partial charge >= 0.3 is 0 Å². The maximum Gasteiger partial charge on any atom is 0.240 e. The fourth-order valence-electron chi connectivity index (χ4n) is 2.52. The van der Waals surface area contributed by atoms with Crippen molar-refractivity contribution < 1.29 is 4.79 Å². The van der Waals surface area contributed by atoms with Gasteiger partial charge in [0.05, 0.1) is 6.04 Å². The number of hydrogen-bond donors (Lipinski definition) is 0. The van der Waals surface area contributed by atoms with Crippen LogP contribution in [0.4, 0.5) is 0 Å². The Morgan fingerprint density at radius 1 is 1.59 bits per heavy atom. The zero-order valence-electron chi connectivity index (χ0n) is 11.7. The summed E-state index contributed by atoms with van der Waals surface area (Å²) in [6, 6.07) is 0.377. The molecule has 3 heteroatoms. The molecule has 0 aromatic carbocycles. The predicted octanol–water partition coefficient (Wildman–Crippen LogP) is 2.28. The first-order valence-electron chi connectivity index (χ1n) is 6.66. The zero-order chi connectivity index (χ0) is 13.0. The van der Waals surface area contributed by atoms with E-state index in [1.807, 2.05) is 11.8 Å². The number of likely N-dealkylation sites (N-methyl/N-ethyl adjacent to an activating group) is 1. The molecule has 0 aliphatic carbocycles. The Kier molecular flexibility index (Phi) is 5.19. The fraction of sp³-hybridized carbons (Fsp3) is 0.786. The summed E-state index contributed by atoms with van der Waals surface area (Å²) in [5, 5.41) is 0. The molecule has 1 rings (SSSR count). The number of rotatable bonds is 5. The van der Waals surface area contributed by atoms with Crippen LogP contribution in [0.25, 0.3) is 0 Å². The topological polar surface area (TPSA) is 23.6 Å². The molecule has 0 aromatic rings. The lowest BCUT2D eigenvalue weighted by molar-refractivity contribution is -0.141. The summed E-state index contributed by atoms with van der Waals surface area (Å²) in [7, 11) is 0. The van der Waals surface area contributed by atoms with Gasteiger partial charge in [0.15, 0.2) is 0 Å². The second kappa shape index (κ2) is 6.20. The number of hydrogen-bond acceptors (Lipinski definition) is 2. The van der Waals surface area contributed by atoms with Crippen molar-refractivity contribution >= 4 is 5.91 Å². The van der Waals surface area contributed by atoms with Gasteiger partial charge in [0, 0.05) is 19.1 Å². The lowest BCUT2D eigenvalue weighted by atomic mass is 10.0.